The fourth-order valence-corrected chi connectivity index (χ4v) is 7.76. The van der Waals surface area contributed by atoms with Crippen molar-refractivity contribution in [2.45, 2.75) is 120 Å². The highest BCUT2D eigenvalue weighted by Gasteiger charge is 2.44. The number of nitrogens with one attached hydrogen (secondary N) is 1. The maximum absolute atomic E-state index is 12.4. The molecule has 3 N–H and O–H groups in total. The summed E-state index contributed by atoms with van der Waals surface area (Å²) in [4.78, 5) is 24.8. The van der Waals surface area contributed by atoms with Crippen molar-refractivity contribution in [3.8, 4) is 5.75 Å². The van der Waals surface area contributed by atoms with Crippen molar-refractivity contribution in [2.75, 3.05) is 17.7 Å². The topological polar surface area (TPSA) is 114 Å². The lowest BCUT2D eigenvalue weighted by Gasteiger charge is -2.32. The van der Waals surface area contributed by atoms with Crippen LogP contribution in [-0.4, -0.2) is 63.8 Å². The summed E-state index contributed by atoms with van der Waals surface area (Å²) in [6.07, 6.45) is 13.3. The molecule has 47 heavy (non-hydrogen) atoms. The van der Waals surface area contributed by atoms with Crippen LogP contribution in [0.3, 0.4) is 0 Å². The maximum Gasteiger partial charge on any atom is 0.311 e. The molecule has 1 saturated heterocycles. The van der Waals surface area contributed by atoms with Crippen LogP contribution < -0.4 is 10.1 Å². The van der Waals surface area contributed by atoms with Crippen molar-refractivity contribution in [3.63, 3.8) is 0 Å². The van der Waals surface area contributed by atoms with Crippen molar-refractivity contribution in [2.24, 2.45) is 5.92 Å². The van der Waals surface area contributed by atoms with Crippen LogP contribution in [0.25, 0.3) is 0 Å². The highest BCUT2D eigenvalue weighted by atomic mass is 32.2. The third-order valence-corrected chi connectivity index (χ3v) is 10.7. The van der Waals surface area contributed by atoms with Crippen LogP contribution in [0.2, 0.25) is 0 Å². The second-order valence-corrected chi connectivity index (χ2v) is 14.3. The third-order valence-electron chi connectivity index (χ3n) is 8.83. The van der Waals surface area contributed by atoms with E-state index in [1.165, 1.54) is 0 Å². The van der Waals surface area contributed by atoms with Gasteiger partial charge in [0.05, 0.1) is 17.8 Å². The number of carbonyl (C=O) groups excluding carboxylic acids is 2. The number of amides is 1. The Kier molecular flexibility index (Phi) is 15.3. The minimum absolute atomic E-state index is 0.0155. The molecule has 9 heteroatoms. The number of allylic oxidation sites excluding steroid dienone is 2. The number of aliphatic hydroxyl groups excluding tert-OH is 1. The SMILES string of the molecule is CCCCCC(C)(O)CS[C@H]1C(OC2CCCCO2)CC(O)[C@@H]1CC=CCCCC(=O)Oc1ccc(NC(=O)c2ccccc2)cc1. The van der Waals surface area contributed by atoms with Gasteiger partial charge < -0.3 is 29.7 Å². The summed E-state index contributed by atoms with van der Waals surface area (Å²) in [5, 5.41) is 25.0. The largest absolute Gasteiger partial charge is 0.427 e. The van der Waals surface area contributed by atoms with Gasteiger partial charge in [-0.25, -0.2) is 0 Å². The first-order chi connectivity index (χ1) is 22.7. The minimum Gasteiger partial charge on any atom is -0.427 e. The van der Waals surface area contributed by atoms with E-state index in [4.69, 9.17) is 14.2 Å². The lowest BCUT2D eigenvalue weighted by molar-refractivity contribution is -0.186. The zero-order chi connectivity index (χ0) is 33.5. The summed E-state index contributed by atoms with van der Waals surface area (Å²) in [6.45, 7) is 4.80. The Morgan fingerprint density at radius 3 is 2.57 bits per heavy atom. The van der Waals surface area contributed by atoms with Crippen LogP contribution in [0.4, 0.5) is 5.69 Å². The van der Waals surface area contributed by atoms with Crippen LogP contribution in [0.15, 0.2) is 66.7 Å². The number of hydrogen-bond donors (Lipinski definition) is 3. The Balaban J connectivity index is 1.21. The number of unbranched alkanes of at least 4 members (excludes halogenated alkanes) is 3. The summed E-state index contributed by atoms with van der Waals surface area (Å²) in [5.41, 5.74) is 0.434. The predicted octanol–water partition coefficient (Wildman–Crippen LogP) is 7.69. The van der Waals surface area contributed by atoms with Gasteiger partial charge in [0, 0.05) is 47.6 Å². The smallest absolute Gasteiger partial charge is 0.311 e. The first kappa shape index (κ1) is 37.1. The van der Waals surface area contributed by atoms with Gasteiger partial charge in [-0.15, -0.1) is 0 Å². The van der Waals surface area contributed by atoms with Gasteiger partial charge in [0.1, 0.15) is 5.75 Å². The van der Waals surface area contributed by atoms with Crippen molar-refractivity contribution >= 4 is 29.3 Å². The first-order valence-corrected chi connectivity index (χ1v) is 18.4. The highest BCUT2D eigenvalue weighted by molar-refractivity contribution is 8.00. The lowest BCUT2D eigenvalue weighted by atomic mass is 10.0. The van der Waals surface area contributed by atoms with Gasteiger partial charge in [-0.05, 0) is 88.3 Å². The molecule has 2 fully saturated rings. The molecule has 1 heterocycles. The molecule has 1 amide bonds. The van der Waals surface area contributed by atoms with E-state index in [2.05, 4.69) is 24.4 Å². The lowest BCUT2D eigenvalue weighted by Crippen LogP contribution is -2.35. The average Bonchev–Trinajstić information content (AvgIpc) is 3.36. The normalized spacial score (nSPS) is 24.2. The van der Waals surface area contributed by atoms with E-state index >= 15 is 0 Å². The van der Waals surface area contributed by atoms with Gasteiger partial charge in [0.2, 0.25) is 0 Å². The van der Waals surface area contributed by atoms with Crippen molar-refractivity contribution in [1.82, 2.24) is 0 Å². The number of ether oxygens (including phenoxy) is 3. The number of esters is 1. The molecule has 0 aromatic heterocycles. The van der Waals surface area contributed by atoms with Crippen LogP contribution in [0.1, 0.15) is 101 Å². The summed E-state index contributed by atoms with van der Waals surface area (Å²) in [6, 6.07) is 15.7. The van der Waals surface area contributed by atoms with E-state index in [1.807, 2.05) is 25.1 Å². The molecule has 1 aliphatic heterocycles. The highest BCUT2D eigenvalue weighted by Crippen LogP contribution is 2.42. The number of anilines is 1. The van der Waals surface area contributed by atoms with Crippen LogP contribution in [-0.2, 0) is 14.3 Å². The standard InChI is InChI=1S/C38H53NO7S/c1-3-4-13-24-38(2,43)27-47-36-31(32(40)26-33(36)46-35-19-12-14-25-44-35)17-10-5-6-11-18-34(41)45-30-22-20-29(21-23-30)39-37(42)28-15-8-7-9-16-28/h5,7-10,15-16,20-23,31-33,35-36,40,43H,3-4,6,11-14,17-19,24-27H2,1-2H3,(H,39,42)/t31-,32?,33?,35?,36+,38?/m0/s1. The molecule has 2 aliphatic rings. The molecule has 258 valence electrons. The molecule has 2 aromatic rings. The number of thioether (sulfide) groups is 1. The van der Waals surface area contributed by atoms with Gasteiger partial charge in [0.25, 0.3) is 5.91 Å². The summed E-state index contributed by atoms with van der Waals surface area (Å²) in [5.74, 6) is 0.544. The van der Waals surface area contributed by atoms with E-state index in [9.17, 15) is 19.8 Å². The Morgan fingerprint density at radius 2 is 1.85 bits per heavy atom. The summed E-state index contributed by atoms with van der Waals surface area (Å²) < 4.78 is 17.7. The van der Waals surface area contributed by atoms with Crippen molar-refractivity contribution in [1.29, 1.82) is 0 Å². The van der Waals surface area contributed by atoms with Crippen LogP contribution in [0, 0.1) is 5.92 Å². The van der Waals surface area contributed by atoms with Gasteiger partial charge in [-0.1, -0.05) is 56.5 Å². The van der Waals surface area contributed by atoms with Crippen LogP contribution in [0.5, 0.6) is 5.75 Å². The average molecular weight is 668 g/mol. The molecular formula is C38H53NO7S. The molecule has 4 rings (SSSR count). The Bertz CT molecular complexity index is 1250. The fraction of sp³-hybridized carbons (Fsp3) is 0.579. The van der Waals surface area contributed by atoms with Gasteiger partial charge in [-0.2, -0.15) is 11.8 Å². The Hall–Kier alpha value is -2.69. The number of benzene rings is 2. The minimum atomic E-state index is -0.755. The molecule has 1 aliphatic carbocycles. The molecule has 2 aromatic carbocycles. The number of carbonyl (C=O) groups is 2. The number of aliphatic hydroxyl groups is 2. The van der Waals surface area contributed by atoms with Crippen molar-refractivity contribution in [3.05, 3.63) is 72.3 Å². The molecule has 0 bridgehead atoms. The van der Waals surface area contributed by atoms with E-state index < -0.39 is 11.7 Å². The fourth-order valence-electron chi connectivity index (χ4n) is 6.13. The second kappa shape index (κ2) is 19.3. The van der Waals surface area contributed by atoms with Gasteiger partial charge >= 0.3 is 5.97 Å². The molecule has 4 unspecified atom stereocenters. The first-order valence-electron chi connectivity index (χ1n) is 17.4. The van der Waals surface area contributed by atoms with E-state index in [0.29, 0.717) is 48.6 Å². The molecule has 0 radical (unpaired) electrons. The number of rotatable bonds is 18. The predicted molar refractivity (Wildman–Crippen MR) is 188 cm³/mol. The van der Waals surface area contributed by atoms with E-state index in [0.717, 1.165) is 51.4 Å². The summed E-state index contributed by atoms with van der Waals surface area (Å²) >= 11 is 1.73. The van der Waals surface area contributed by atoms with Gasteiger partial charge in [-0.3, -0.25) is 9.59 Å². The molecule has 0 spiro atoms. The zero-order valence-corrected chi connectivity index (χ0v) is 28.8. The quantitative estimate of drug-likeness (QED) is 0.0642. The van der Waals surface area contributed by atoms with Gasteiger partial charge in [0.15, 0.2) is 6.29 Å². The van der Waals surface area contributed by atoms with E-state index in [-0.39, 0.29) is 41.9 Å². The molecular weight excluding hydrogens is 614 g/mol. The summed E-state index contributed by atoms with van der Waals surface area (Å²) in [7, 11) is 0. The number of hydrogen-bond acceptors (Lipinski definition) is 8. The zero-order valence-electron chi connectivity index (χ0n) is 28.0. The van der Waals surface area contributed by atoms with Crippen LogP contribution >= 0.6 is 11.8 Å². The van der Waals surface area contributed by atoms with Crippen molar-refractivity contribution < 1.29 is 34.0 Å². The molecule has 8 nitrogen and oxygen atoms in total. The third kappa shape index (κ3) is 12.7. The molecule has 1 saturated carbocycles. The Morgan fingerprint density at radius 1 is 1.06 bits per heavy atom. The van der Waals surface area contributed by atoms with E-state index in [1.54, 1.807) is 48.2 Å². The molecule has 6 atom stereocenters. The maximum atomic E-state index is 12.4. The Labute approximate surface area is 284 Å². The monoisotopic (exact) mass is 667 g/mol. The second-order valence-electron chi connectivity index (χ2n) is 13.1.